The molecule has 0 radical (unpaired) electrons. The molecular weight excluding hydrogens is 451 g/mol. The second-order valence-electron chi connectivity index (χ2n) is 8.45. The third kappa shape index (κ3) is 3.93. The van der Waals surface area contributed by atoms with Gasteiger partial charge in [0.2, 0.25) is 5.95 Å². The van der Waals surface area contributed by atoms with Crippen LogP contribution in [0.1, 0.15) is 12.8 Å². The van der Waals surface area contributed by atoms with Crippen LogP contribution in [0.3, 0.4) is 0 Å². The van der Waals surface area contributed by atoms with Crippen LogP contribution in [0.2, 0.25) is 0 Å². The van der Waals surface area contributed by atoms with Crippen LogP contribution in [0.4, 0.5) is 10.1 Å². The van der Waals surface area contributed by atoms with Gasteiger partial charge in [0, 0.05) is 60.7 Å². The molecule has 6 rings (SSSR count). The van der Waals surface area contributed by atoms with Gasteiger partial charge in [-0.15, -0.1) is 0 Å². The van der Waals surface area contributed by atoms with Crippen molar-refractivity contribution in [1.29, 1.82) is 0 Å². The molecule has 0 spiro atoms. The number of benzene rings is 1. The van der Waals surface area contributed by atoms with Crippen LogP contribution >= 0.6 is 0 Å². The van der Waals surface area contributed by atoms with Crippen molar-refractivity contribution in [2.75, 3.05) is 4.72 Å². The smallest absolute Gasteiger partial charge is 0.220 e. The molecule has 7 nitrogen and oxygen atoms in total. The lowest BCUT2D eigenvalue weighted by Gasteiger charge is -2.14. The van der Waals surface area contributed by atoms with Gasteiger partial charge < -0.3 is 4.55 Å². The number of aryl methyl sites for hydroxylation is 1. The highest BCUT2D eigenvalue weighted by Crippen LogP contribution is 2.36. The van der Waals surface area contributed by atoms with Crippen LogP contribution in [-0.4, -0.2) is 34.2 Å². The number of anilines is 1. The summed E-state index contributed by atoms with van der Waals surface area (Å²) < 4.78 is 33.8. The van der Waals surface area contributed by atoms with E-state index in [4.69, 9.17) is 0 Å². The van der Waals surface area contributed by atoms with Crippen molar-refractivity contribution in [2.45, 2.75) is 18.1 Å². The SMILES string of the molecule is Cn1cc(-c2ccc3c(-c4cc(N[S+]([O-])C5CC5)cc(-c5cccnc5F)c4)cnn3c2)cn1. The second-order valence-corrected chi connectivity index (χ2v) is 9.91. The van der Waals surface area contributed by atoms with Crippen LogP contribution in [-0.2, 0) is 18.4 Å². The number of rotatable bonds is 6. The fourth-order valence-electron chi connectivity index (χ4n) is 4.03. The molecule has 0 bridgehead atoms. The minimum atomic E-state index is -1.17. The normalized spacial score (nSPS) is 14.4. The lowest BCUT2D eigenvalue weighted by atomic mass is 9.99. The van der Waals surface area contributed by atoms with Gasteiger partial charge in [0.25, 0.3) is 0 Å². The van der Waals surface area contributed by atoms with Crippen molar-refractivity contribution in [2.24, 2.45) is 7.05 Å². The van der Waals surface area contributed by atoms with Gasteiger partial charge in [-0.25, -0.2) is 14.2 Å². The third-order valence-electron chi connectivity index (χ3n) is 5.91. The molecule has 170 valence electrons. The molecule has 9 heteroatoms. The largest absolute Gasteiger partial charge is 0.593 e. The summed E-state index contributed by atoms with van der Waals surface area (Å²) in [5, 5.41) is 8.97. The molecule has 1 unspecified atom stereocenters. The Hall–Kier alpha value is -3.69. The maximum atomic E-state index is 14.5. The summed E-state index contributed by atoms with van der Waals surface area (Å²) in [6, 6.07) is 13.1. The van der Waals surface area contributed by atoms with Gasteiger partial charge in [-0.05, 0) is 47.5 Å². The highest BCUT2D eigenvalue weighted by atomic mass is 32.2. The second kappa shape index (κ2) is 8.27. The summed E-state index contributed by atoms with van der Waals surface area (Å²) in [5.41, 5.74) is 6.38. The standard InChI is InChI=1S/C25H21FN6OS/c1-31-14-19(12-28-31)16-4-7-24-23(13-29-32(24)15-16)18-9-17(22-3-2-8-27-25(22)26)10-20(11-18)30-34(33)21-5-6-21/h2-4,7-15,21,30H,5-6H2,1H3. The minimum Gasteiger partial charge on any atom is -0.593 e. The van der Waals surface area contributed by atoms with Crippen LogP contribution in [0.15, 0.2) is 73.4 Å². The van der Waals surface area contributed by atoms with E-state index in [0.29, 0.717) is 16.8 Å². The molecule has 1 aromatic carbocycles. The highest BCUT2D eigenvalue weighted by Gasteiger charge is 2.35. The fraction of sp³-hybridized carbons (Fsp3) is 0.160. The van der Waals surface area contributed by atoms with Gasteiger partial charge >= 0.3 is 0 Å². The van der Waals surface area contributed by atoms with E-state index in [9.17, 15) is 8.94 Å². The van der Waals surface area contributed by atoms with Crippen molar-refractivity contribution in [3.05, 3.63) is 79.4 Å². The van der Waals surface area contributed by atoms with Crippen LogP contribution in [0.25, 0.3) is 38.9 Å². The monoisotopic (exact) mass is 472 g/mol. The van der Waals surface area contributed by atoms with E-state index in [1.165, 1.54) is 6.20 Å². The van der Waals surface area contributed by atoms with Gasteiger partial charge in [0.1, 0.15) is 5.25 Å². The van der Waals surface area contributed by atoms with Gasteiger partial charge in [-0.1, -0.05) is 6.07 Å². The molecule has 4 aromatic heterocycles. The quantitative estimate of drug-likeness (QED) is 0.282. The lowest BCUT2D eigenvalue weighted by Crippen LogP contribution is -2.17. The Bertz CT molecular complexity index is 1510. The number of aromatic nitrogens is 5. The average molecular weight is 473 g/mol. The van der Waals surface area contributed by atoms with Crippen LogP contribution in [0, 0.1) is 5.95 Å². The summed E-state index contributed by atoms with van der Waals surface area (Å²) in [6.07, 6.45) is 10.9. The number of nitrogens with one attached hydrogen (secondary N) is 1. The van der Waals surface area contributed by atoms with Gasteiger partial charge in [0.05, 0.1) is 35.0 Å². The maximum absolute atomic E-state index is 14.5. The van der Waals surface area contributed by atoms with E-state index in [2.05, 4.69) is 19.9 Å². The van der Waals surface area contributed by atoms with E-state index in [0.717, 1.165) is 40.6 Å². The Morgan fingerprint density at radius 2 is 1.79 bits per heavy atom. The molecule has 1 aliphatic carbocycles. The first-order chi connectivity index (χ1) is 16.5. The summed E-state index contributed by atoms with van der Waals surface area (Å²) in [7, 11) is 1.88. The molecule has 0 saturated heterocycles. The molecule has 0 amide bonds. The molecule has 4 heterocycles. The number of fused-ring (bicyclic) bond motifs is 1. The zero-order valence-electron chi connectivity index (χ0n) is 18.4. The molecular formula is C25H21FN6OS. The number of halogens is 1. The van der Waals surface area contributed by atoms with Crippen LogP contribution in [0.5, 0.6) is 0 Å². The van der Waals surface area contributed by atoms with E-state index >= 15 is 0 Å². The number of hydrogen-bond acceptors (Lipinski definition) is 5. The minimum absolute atomic E-state index is 0.171. The molecule has 1 fully saturated rings. The van der Waals surface area contributed by atoms with E-state index in [1.54, 1.807) is 23.0 Å². The van der Waals surface area contributed by atoms with Crippen molar-refractivity contribution in [3.8, 4) is 33.4 Å². The zero-order valence-corrected chi connectivity index (χ0v) is 19.2. The lowest BCUT2D eigenvalue weighted by molar-refractivity contribution is 0.587. The first-order valence-corrected chi connectivity index (χ1v) is 12.2. The summed E-state index contributed by atoms with van der Waals surface area (Å²) in [4.78, 5) is 3.80. The summed E-state index contributed by atoms with van der Waals surface area (Å²) in [6.45, 7) is 0. The topological polar surface area (TPSA) is 83.1 Å². The molecule has 1 saturated carbocycles. The fourth-order valence-corrected chi connectivity index (χ4v) is 5.11. The van der Waals surface area contributed by atoms with Gasteiger partial charge in [-0.2, -0.15) is 14.6 Å². The van der Waals surface area contributed by atoms with E-state index < -0.39 is 17.3 Å². The molecule has 0 aliphatic heterocycles. The Kier molecular flexibility index (Phi) is 5.08. The molecule has 1 aliphatic rings. The maximum Gasteiger partial charge on any atom is 0.220 e. The van der Waals surface area contributed by atoms with Crippen molar-refractivity contribution < 1.29 is 8.94 Å². The zero-order chi connectivity index (χ0) is 23.2. The highest BCUT2D eigenvalue weighted by molar-refractivity contribution is 7.93. The Morgan fingerprint density at radius 1 is 0.971 bits per heavy atom. The molecule has 1 N–H and O–H groups in total. The number of hydrogen-bond donors (Lipinski definition) is 1. The molecule has 1 atom stereocenters. The third-order valence-corrected chi connectivity index (χ3v) is 7.43. The number of nitrogens with zero attached hydrogens (tertiary/aromatic N) is 5. The van der Waals surface area contributed by atoms with E-state index in [-0.39, 0.29) is 5.25 Å². The molecule has 34 heavy (non-hydrogen) atoms. The number of pyridine rings is 2. The van der Waals surface area contributed by atoms with Crippen LogP contribution < -0.4 is 4.72 Å². The Morgan fingerprint density at radius 3 is 2.53 bits per heavy atom. The van der Waals surface area contributed by atoms with Gasteiger partial charge in [0.15, 0.2) is 0 Å². The first-order valence-electron chi connectivity index (χ1n) is 11.0. The van der Waals surface area contributed by atoms with Crippen molar-refractivity contribution in [3.63, 3.8) is 0 Å². The first kappa shape index (κ1) is 20.9. The predicted molar refractivity (Wildman–Crippen MR) is 131 cm³/mol. The van der Waals surface area contributed by atoms with Crippen molar-refractivity contribution >= 4 is 22.6 Å². The van der Waals surface area contributed by atoms with E-state index in [1.807, 2.05) is 60.5 Å². The summed E-state index contributed by atoms with van der Waals surface area (Å²) in [5.74, 6) is -0.546. The predicted octanol–water partition coefficient (Wildman–Crippen LogP) is 4.84. The molecule has 5 aromatic rings. The Labute approximate surface area is 198 Å². The van der Waals surface area contributed by atoms with Gasteiger partial charge in [-0.3, -0.25) is 4.68 Å². The van der Waals surface area contributed by atoms with Crippen molar-refractivity contribution in [1.82, 2.24) is 24.4 Å². The average Bonchev–Trinajstić information content (AvgIpc) is 3.47. The Balaban J connectivity index is 1.45. The summed E-state index contributed by atoms with van der Waals surface area (Å²) >= 11 is -1.17.